The van der Waals surface area contributed by atoms with Crippen molar-refractivity contribution in [1.29, 1.82) is 0 Å². The Morgan fingerprint density at radius 1 is 1.15 bits per heavy atom. The number of rotatable bonds is 3. The molecule has 7 heteroatoms. The lowest BCUT2D eigenvalue weighted by molar-refractivity contribution is 0.201. The summed E-state index contributed by atoms with van der Waals surface area (Å²) in [5, 5.41) is 0. The second kappa shape index (κ2) is 5.78. The van der Waals surface area contributed by atoms with Gasteiger partial charge in [0.1, 0.15) is 0 Å². The van der Waals surface area contributed by atoms with Crippen molar-refractivity contribution in [3.63, 3.8) is 0 Å². The minimum Gasteiger partial charge on any atom is -0.467 e. The molecule has 1 aliphatic heterocycles. The number of hydrogen-bond acceptors (Lipinski definition) is 7. The van der Waals surface area contributed by atoms with Gasteiger partial charge in [0.05, 0.1) is 7.11 Å². The van der Waals surface area contributed by atoms with E-state index in [1.165, 1.54) is 32.1 Å². The maximum Gasteiger partial charge on any atom is 0.322 e. The molecule has 1 saturated heterocycles. The molecule has 2 heterocycles. The van der Waals surface area contributed by atoms with Crippen molar-refractivity contribution in [2.75, 3.05) is 30.5 Å². The maximum absolute atomic E-state index is 5.40. The van der Waals surface area contributed by atoms with Crippen LogP contribution in [0.3, 0.4) is 0 Å². The van der Waals surface area contributed by atoms with Crippen LogP contribution in [0.2, 0.25) is 0 Å². The first-order chi connectivity index (χ1) is 9.80. The van der Waals surface area contributed by atoms with Gasteiger partial charge in [0, 0.05) is 13.1 Å². The normalized spacial score (nSPS) is 26.0. The number of nitrogen functional groups attached to an aromatic ring is 1. The zero-order valence-corrected chi connectivity index (χ0v) is 11.9. The predicted octanol–water partition coefficient (Wildman–Crippen LogP) is 1.18. The second-order valence-electron chi connectivity index (χ2n) is 5.63. The van der Waals surface area contributed by atoms with Gasteiger partial charge >= 0.3 is 6.01 Å². The molecule has 20 heavy (non-hydrogen) atoms. The number of nitrogens with one attached hydrogen (secondary N) is 1. The van der Waals surface area contributed by atoms with Crippen LogP contribution < -0.4 is 20.9 Å². The summed E-state index contributed by atoms with van der Waals surface area (Å²) in [5.74, 6) is 8.06. The molecule has 0 spiro atoms. The highest BCUT2D eigenvalue weighted by Crippen LogP contribution is 2.37. The summed E-state index contributed by atoms with van der Waals surface area (Å²) >= 11 is 0. The molecule has 0 radical (unpaired) electrons. The minimum atomic E-state index is 0.300. The molecule has 3 rings (SSSR count). The average Bonchev–Trinajstić information content (AvgIpc) is 2.53. The fourth-order valence-electron chi connectivity index (χ4n) is 3.43. The summed E-state index contributed by atoms with van der Waals surface area (Å²) in [5.41, 5.74) is 2.47. The molecule has 2 fully saturated rings. The number of hydrogen-bond donors (Lipinski definition) is 2. The van der Waals surface area contributed by atoms with Gasteiger partial charge in [-0.2, -0.15) is 15.0 Å². The lowest BCUT2D eigenvalue weighted by atomic mass is 9.75. The Kier molecular flexibility index (Phi) is 3.86. The summed E-state index contributed by atoms with van der Waals surface area (Å²) in [6, 6.07) is 0.300. The molecule has 1 aliphatic carbocycles. The number of methoxy groups -OCH3 is 1. The fourth-order valence-corrected chi connectivity index (χ4v) is 3.43. The first-order valence-corrected chi connectivity index (χ1v) is 7.32. The quantitative estimate of drug-likeness (QED) is 0.634. The molecule has 110 valence electrons. The number of nitrogens with two attached hydrogens (primary N) is 1. The van der Waals surface area contributed by atoms with Crippen molar-refractivity contribution in [3.05, 3.63) is 0 Å². The Balaban J connectivity index is 1.78. The van der Waals surface area contributed by atoms with Crippen molar-refractivity contribution in [3.8, 4) is 6.01 Å². The van der Waals surface area contributed by atoms with Crippen LogP contribution in [-0.4, -0.2) is 35.2 Å². The number of nitrogens with zero attached hydrogens (tertiary/aromatic N) is 4. The van der Waals surface area contributed by atoms with Gasteiger partial charge in [-0.1, -0.05) is 19.3 Å². The second-order valence-corrected chi connectivity index (χ2v) is 5.63. The Morgan fingerprint density at radius 3 is 2.70 bits per heavy atom. The van der Waals surface area contributed by atoms with Gasteiger partial charge in [0.2, 0.25) is 11.9 Å². The third-order valence-corrected chi connectivity index (χ3v) is 4.49. The van der Waals surface area contributed by atoms with Gasteiger partial charge < -0.3 is 9.64 Å². The van der Waals surface area contributed by atoms with Crippen LogP contribution in [0, 0.1) is 11.8 Å². The third kappa shape index (κ3) is 2.63. The van der Waals surface area contributed by atoms with Crippen LogP contribution in [0.15, 0.2) is 0 Å². The summed E-state index contributed by atoms with van der Waals surface area (Å²) in [4.78, 5) is 15.0. The molecule has 2 atom stereocenters. The number of ether oxygens (including phenoxy) is 1. The summed E-state index contributed by atoms with van der Waals surface area (Å²) in [6.45, 7) is 2.03. The molecule has 1 saturated carbocycles. The van der Waals surface area contributed by atoms with Gasteiger partial charge in [-0.15, -0.1) is 0 Å². The van der Waals surface area contributed by atoms with Crippen molar-refractivity contribution < 1.29 is 4.74 Å². The molecule has 2 unspecified atom stereocenters. The van der Waals surface area contributed by atoms with E-state index in [1.807, 2.05) is 0 Å². The van der Waals surface area contributed by atoms with Gasteiger partial charge in [-0.25, -0.2) is 5.84 Å². The van der Waals surface area contributed by atoms with Gasteiger partial charge in [0.15, 0.2) is 0 Å². The molecule has 1 aromatic heterocycles. The SMILES string of the molecule is COc1nc(NN)nc(N2CCC3CCCCC3C2)n1. The van der Waals surface area contributed by atoms with E-state index in [9.17, 15) is 0 Å². The Bertz CT molecular complexity index is 446. The molecule has 0 aromatic carbocycles. The van der Waals surface area contributed by atoms with Crippen LogP contribution >= 0.6 is 0 Å². The smallest absolute Gasteiger partial charge is 0.322 e. The fraction of sp³-hybridized carbons (Fsp3) is 0.769. The molecule has 0 bridgehead atoms. The van der Waals surface area contributed by atoms with Crippen LogP contribution in [0.5, 0.6) is 6.01 Å². The highest BCUT2D eigenvalue weighted by atomic mass is 16.5. The lowest BCUT2D eigenvalue weighted by Crippen LogP contribution is -2.42. The van der Waals surface area contributed by atoms with Crippen molar-refractivity contribution in [2.45, 2.75) is 32.1 Å². The van der Waals surface area contributed by atoms with E-state index in [1.54, 1.807) is 7.11 Å². The van der Waals surface area contributed by atoms with Crippen molar-refractivity contribution in [2.24, 2.45) is 17.7 Å². The summed E-state index contributed by atoms with van der Waals surface area (Å²) in [6.07, 6.45) is 6.68. The summed E-state index contributed by atoms with van der Waals surface area (Å²) in [7, 11) is 1.55. The van der Waals surface area contributed by atoms with E-state index >= 15 is 0 Å². The molecule has 3 N–H and O–H groups in total. The van der Waals surface area contributed by atoms with E-state index in [2.05, 4.69) is 25.3 Å². The standard InChI is InChI=1S/C13H22N6O/c1-20-13-16-11(18-14)15-12(17-13)19-7-6-9-4-2-3-5-10(9)8-19/h9-10H,2-8,14H2,1H3,(H,15,16,17,18). The van der Waals surface area contributed by atoms with Gasteiger partial charge in [-0.05, 0) is 24.7 Å². The van der Waals surface area contributed by atoms with E-state index in [-0.39, 0.29) is 0 Å². The predicted molar refractivity (Wildman–Crippen MR) is 76.5 cm³/mol. The monoisotopic (exact) mass is 278 g/mol. The number of aromatic nitrogens is 3. The zero-order chi connectivity index (χ0) is 13.9. The zero-order valence-electron chi connectivity index (χ0n) is 11.9. The topological polar surface area (TPSA) is 89.2 Å². The average molecular weight is 278 g/mol. The molecular formula is C13H22N6O. The van der Waals surface area contributed by atoms with E-state index in [4.69, 9.17) is 10.6 Å². The molecule has 0 amide bonds. The largest absolute Gasteiger partial charge is 0.467 e. The van der Waals surface area contributed by atoms with Gasteiger partial charge in [0.25, 0.3) is 0 Å². The molecular weight excluding hydrogens is 256 g/mol. The van der Waals surface area contributed by atoms with Crippen molar-refractivity contribution in [1.82, 2.24) is 15.0 Å². The molecule has 2 aliphatic rings. The Morgan fingerprint density at radius 2 is 1.95 bits per heavy atom. The first kappa shape index (κ1) is 13.4. The van der Waals surface area contributed by atoms with Crippen LogP contribution in [0.1, 0.15) is 32.1 Å². The Hall–Kier alpha value is -1.63. The van der Waals surface area contributed by atoms with E-state index in [0.717, 1.165) is 24.9 Å². The highest BCUT2D eigenvalue weighted by molar-refractivity contribution is 5.38. The number of piperidine rings is 1. The third-order valence-electron chi connectivity index (χ3n) is 4.49. The number of hydrazine groups is 1. The molecule has 1 aromatic rings. The van der Waals surface area contributed by atoms with Crippen molar-refractivity contribution >= 4 is 11.9 Å². The molecule has 7 nitrogen and oxygen atoms in total. The van der Waals surface area contributed by atoms with E-state index < -0.39 is 0 Å². The van der Waals surface area contributed by atoms with Gasteiger partial charge in [-0.3, -0.25) is 5.43 Å². The van der Waals surface area contributed by atoms with E-state index in [0.29, 0.717) is 17.9 Å². The first-order valence-electron chi connectivity index (χ1n) is 7.32. The van der Waals surface area contributed by atoms with Crippen LogP contribution in [-0.2, 0) is 0 Å². The van der Waals surface area contributed by atoms with Crippen LogP contribution in [0.4, 0.5) is 11.9 Å². The number of fused-ring (bicyclic) bond motifs is 1. The number of anilines is 2. The van der Waals surface area contributed by atoms with Crippen LogP contribution in [0.25, 0.3) is 0 Å². The minimum absolute atomic E-state index is 0.300. The maximum atomic E-state index is 5.40. The lowest BCUT2D eigenvalue weighted by Gasteiger charge is -2.41. The summed E-state index contributed by atoms with van der Waals surface area (Å²) < 4.78 is 5.11. The Labute approximate surface area is 118 Å². The highest BCUT2D eigenvalue weighted by Gasteiger charge is 2.32.